The number of rotatable bonds is 8. The summed E-state index contributed by atoms with van der Waals surface area (Å²) in [5, 5.41) is 12.0. The molecule has 21 heavy (non-hydrogen) atoms. The molecule has 5 heteroatoms. The Balaban J connectivity index is 1.80. The third-order valence-electron chi connectivity index (χ3n) is 4.05. The van der Waals surface area contributed by atoms with Gasteiger partial charge in [0, 0.05) is 37.8 Å². The quantitative estimate of drug-likeness (QED) is 0.675. The van der Waals surface area contributed by atoms with Crippen LogP contribution in [0.25, 0.3) is 0 Å². The number of carbonyl (C=O) groups is 1. The molecule has 0 bridgehead atoms. The predicted octanol–water partition coefficient (Wildman–Crippen LogP) is 1.32. The van der Waals surface area contributed by atoms with Gasteiger partial charge in [0.25, 0.3) is 0 Å². The first-order chi connectivity index (χ1) is 10.2. The molecule has 0 spiro atoms. The second-order valence-electron chi connectivity index (χ2n) is 5.55. The molecular formula is C16H25N3O2. The fourth-order valence-corrected chi connectivity index (χ4v) is 2.60. The lowest BCUT2D eigenvalue weighted by atomic mass is 9.91. The Kier molecular flexibility index (Phi) is 6.17. The molecule has 0 atom stereocenters. The van der Waals surface area contributed by atoms with Crippen LogP contribution in [0.5, 0.6) is 0 Å². The van der Waals surface area contributed by atoms with E-state index in [9.17, 15) is 4.79 Å². The van der Waals surface area contributed by atoms with Crippen LogP contribution >= 0.6 is 0 Å². The van der Waals surface area contributed by atoms with Crippen LogP contribution in [0, 0.1) is 0 Å². The third-order valence-corrected chi connectivity index (χ3v) is 4.05. The summed E-state index contributed by atoms with van der Waals surface area (Å²) in [6.45, 7) is 1.97. The van der Waals surface area contributed by atoms with Gasteiger partial charge in [-0.25, -0.2) is 0 Å². The van der Waals surface area contributed by atoms with Gasteiger partial charge in [-0.1, -0.05) is 18.6 Å². The highest BCUT2D eigenvalue weighted by Gasteiger charge is 2.24. The highest BCUT2D eigenvalue weighted by atomic mass is 16.3. The topological polar surface area (TPSA) is 78.6 Å². The van der Waals surface area contributed by atoms with Gasteiger partial charge in [0.05, 0.1) is 6.61 Å². The molecule has 116 valence electrons. The molecule has 0 heterocycles. The Morgan fingerprint density at radius 3 is 2.81 bits per heavy atom. The van der Waals surface area contributed by atoms with Crippen LogP contribution in [0.15, 0.2) is 24.3 Å². The van der Waals surface area contributed by atoms with Gasteiger partial charge >= 0.3 is 0 Å². The first-order valence-electron chi connectivity index (χ1n) is 7.66. The van der Waals surface area contributed by atoms with E-state index in [1.807, 2.05) is 24.3 Å². The summed E-state index contributed by atoms with van der Waals surface area (Å²) < 4.78 is 0. The summed E-state index contributed by atoms with van der Waals surface area (Å²) >= 11 is 0. The zero-order valence-electron chi connectivity index (χ0n) is 12.4. The number of nitrogens with one attached hydrogen (secondary N) is 1. The molecule has 1 aliphatic carbocycles. The SMILES string of the molecule is NCc1cccc(NC(=O)CCN(CCO)C2CCC2)c1. The number of benzene rings is 1. The molecule has 1 aromatic carbocycles. The Bertz CT molecular complexity index is 461. The maximum atomic E-state index is 12.0. The minimum Gasteiger partial charge on any atom is -0.395 e. The molecule has 1 amide bonds. The monoisotopic (exact) mass is 291 g/mol. The largest absolute Gasteiger partial charge is 0.395 e. The van der Waals surface area contributed by atoms with Gasteiger partial charge in [0.1, 0.15) is 0 Å². The number of anilines is 1. The van der Waals surface area contributed by atoms with E-state index in [4.69, 9.17) is 10.8 Å². The van der Waals surface area contributed by atoms with Crippen LogP contribution in [0.2, 0.25) is 0 Å². The predicted molar refractivity (Wildman–Crippen MR) is 83.9 cm³/mol. The van der Waals surface area contributed by atoms with E-state index in [1.165, 1.54) is 19.3 Å². The first kappa shape index (κ1) is 15.9. The second-order valence-corrected chi connectivity index (χ2v) is 5.55. The Labute approximate surface area is 126 Å². The van der Waals surface area contributed by atoms with Gasteiger partial charge < -0.3 is 16.2 Å². The number of aliphatic hydroxyl groups excluding tert-OH is 1. The minimum atomic E-state index is 0.00596. The molecule has 0 radical (unpaired) electrons. The van der Waals surface area contributed by atoms with Crippen LogP contribution in [0.3, 0.4) is 0 Å². The van der Waals surface area contributed by atoms with E-state index in [0.29, 0.717) is 32.1 Å². The van der Waals surface area contributed by atoms with E-state index < -0.39 is 0 Å². The van der Waals surface area contributed by atoms with Crippen molar-refractivity contribution in [1.82, 2.24) is 4.90 Å². The van der Waals surface area contributed by atoms with E-state index >= 15 is 0 Å². The van der Waals surface area contributed by atoms with Gasteiger partial charge in [0.15, 0.2) is 0 Å². The molecule has 1 aromatic rings. The fourth-order valence-electron chi connectivity index (χ4n) is 2.60. The molecule has 1 aliphatic rings. The van der Waals surface area contributed by atoms with E-state index in [-0.39, 0.29) is 12.5 Å². The number of nitrogens with zero attached hydrogens (tertiary/aromatic N) is 1. The molecule has 2 rings (SSSR count). The maximum absolute atomic E-state index is 12.0. The summed E-state index contributed by atoms with van der Waals surface area (Å²) in [5.41, 5.74) is 7.39. The summed E-state index contributed by atoms with van der Waals surface area (Å²) in [4.78, 5) is 14.2. The van der Waals surface area contributed by atoms with Crippen molar-refractivity contribution in [3.05, 3.63) is 29.8 Å². The lowest BCUT2D eigenvalue weighted by Gasteiger charge is -2.37. The second kappa shape index (κ2) is 8.12. The number of aliphatic hydroxyl groups is 1. The van der Waals surface area contributed by atoms with Crippen molar-refractivity contribution in [1.29, 1.82) is 0 Å². The van der Waals surface area contributed by atoms with Crippen LogP contribution < -0.4 is 11.1 Å². The highest BCUT2D eigenvalue weighted by molar-refractivity contribution is 5.90. The Morgan fingerprint density at radius 1 is 1.38 bits per heavy atom. The lowest BCUT2D eigenvalue weighted by molar-refractivity contribution is -0.116. The maximum Gasteiger partial charge on any atom is 0.225 e. The zero-order valence-corrected chi connectivity index (χ0v) is 12.4. The Morgan fingerprint density at radius 2 is 2.19 bits per heavy atom. The van der Waals surface area contributed by atoms with Gasteiger partial charge in [-0.3, -0.25) is 9.69 Å². The van der Waals surface area contributed by atoms with Crippen LogP contribution in [-0.2, 0) is 11.3 Å². The van der Waals surface area contributed by atoms with Crippen molar-refractivity contribution >= 4 is 11.6 Å². The van der Waals surface area contributed by atoms with E-state index in [2.05, 4.69) is 10.2 Å². The van der Waals surface area contributed by atoms with Crippen molar-refractivity contribution in [2.75, 3.05) is 25.0 Å². The number of hydrogen-bond acceptors (Lipinski definition) is 4. The van der Waals surface area contributed by atoms with Gasteiger partial charge in [-0.2, -0.15) is 0 Å². The minimum absolute atomic E-state index is 0.00596. The van der Waals surface area contributed by atoms with Gasteiger partial charge in [-0.15, -0.1) is 0 Å². The van der Waals surface area contributed by atoms with Crippen molar-refractivity contribution in [2.45, 2.75) is 38.3 Å². The normalized spacial score (nSPS) is 15.0. The fraction of sp³-hybridized carbons (Fsp3) is 0.562. The van der Waals surface area contributed by atoms with E-state index in [0.717, 1.165) is 11.3 Å². The molecular weight excluding hydrogens is 266 g/mol. The molecule has 4 N–H and O–H groups in total. The summed E-state index contributed by atoms with van der Waals surface area (Å²) in [6, 6.07) is 8.15. The lowest BCUT2D eigenvalue weighted by Crippen LogP contribution is -2.43. The van der Waals surface area contributed by atoms with Gasteiger partial charge in [-0.05, 0) is 30.5 Å². The molecule has 0 aromatic heterocycles. The van der Waals surface area contributed by atoms with Crippen LogP contribution in [0.1, 0.15) is 31.2 Å². The molecule has 1 fully saturated rings. The van der Waals surface area contributed by atoms with Crippen molar-refractivity contribution in [3.63, 3.8) is 0 Å². The molecule has 5 nitrogen and oxygen atoms in total. The summed E-state index contributed by atoms with van der Waals surface area (Å²) in [6.07, 6.45) is 4.06. The summed E-state index contributed by atoms with van der Waals surface area (Å²) in [5.74, 6) is 0.00596. The molecule has 0 aliphatic heterocycles. The first-order valence-corrected chi connectivity index (χ1v) is 7.66. The van der Waals surface area contributed by atoms with E-state index in [1.54, 1.807) is 0 Å². The molecule has 0 saturated heterocycles. The standard InChI is InChI=1S/C16H25N3O2/c17-12-13-3-1-4-14(11-13)18-16(21)7-8-19(9-10-20)15-5-2-6-15/h1,3-4,11,15,20H,2,5-10,12,17H2,(H,18,21). The molecule has 1 saturated carbocycles. The highest BCUT2D eigenvalue weighted by Crippen LogP contribution is 2.24. The number of hydrogen-bond donors (Lipinski definition) is 3. The van der Waals surface area contributed by atoms with Crippen LogP contribution in [0.4, 0.5) is 5.69 Å². The smallest absolute Gasteiger partial charge is 0.225 e. The zero-order chi connectivity index (χ0) is 15.1. The number of carbonyl (C=O) groups excluding carboxylic acids is 1. The van der Waals surface area contributed by atoms with Crippen molar-refractivity contribution in [3.8, 4) is 0 Å². The Hall–Kier alpha value is -1.43. The summed E-state index contributed by atoms with van der Waals surface area (Å²) in [7, 11) is 0. The number of amides is 1. The van der Waals surface area contributed by atoms with Crippen molar-refractivity contribution < 1.29 is 9.90 Å². The average molecular weight is 291 g/mol. The van der Waals surface area contributed by atoms with Gasteiger partial charge in [0.2, 0.25) is 5.91 Å². The van der Waals surface area contributed by atoms with Crippen LogP contribution in [-0.4, -0.2) is 41.7 Å². The molecule has 0 unspecified atom stereocenters. The third kappa shape index (κ3) is 4.81. The number of nitrogens with two attached hydrogens (primary N) is 1. The average Bonchev–Trinajstić information content (AvgIpc) is 2.43. The van der Waals surface area contributed by atoms with Crippen molar-refractivity contribution in [2.24, 2.45) is 5.73 Å².